The number of aryl methyl sites for hydroxylation is 1. The fourth-order valence-electron chi connectivity index (χ4n) is 4.11. The SMILES string of the molecule is CN=C(NCCc1cn2cccc(C)c2n1)NC1CCN(Cc2ccc(F)cc2)CC1. The summed E-state index contributed by atoms with van der Waals surface area (Å²) in [5.41, 5.74) is 4.44. The van der Waals surface area contributed by atoms with E-state index in [4.69, 9.17) is 4.98 Å². The van der Waals surface area contributed by atoms with E-state index < -0.39 is 0 Å². The van der Waals surface area contributed by atoms with Gasteiger partial charge in [-0.15, -0.1) is 0 Å². The summed E-state index contributed by atoms with van der Waals surface area (Å²) in [5.74, 6) is 0.666. The van der Waals surface area contributed by atoms with Crippen LogP contribution in [0.3, 0.4) is 0 Å². The first kappa shape index (κ1) is 21.3. The Morgan fingerprint density at radius 3 is 2.68 bits per heavy atom. The molecule has 7 heteroatoms. The van der Waals surface area contributed by atoms with Gasteiger partial charge in [0.1, 0.15) is 11.5 Å². The van der Waals surface area contributed by atoms with Gasteiger partial charge in [0.15, 0.2) is 5.96 Å². The number of hydrogen-bond donors (Lipinski definition) is 2. The zero-order valence-electron chi connectivity index (χ0n) is 18.3. The average Bonchev–Trinajstić information content (AvgIpc) is 3.20. The Hall–Kier alpha value is -2.93. The van der Waals surface area contributed by atoms with Crippen molar-refractivity contribution in [1.82, 2.24) is 24.9 Å². The predicted molar refractivity (Wildman–Crippen MR) is 123 cm³/mol. The molecule has 2 aromatic heterocycles. The van der Waals surface area contributed by atoms with Crippen LogP contribution in [-0.4, -0.2) is 53.0 Å². The molecule has 1 fully saturated rings. The van der Waals surface area contributed by atoms with E-state index in [-0.39, 0.29) is 5.82 Å². The molecule has 0 spiro atoms. The van der Waals surface area contributed by atoms with Crippen LogP contribution in [0.25, 0.3) is 5.65 Å². The quantitative estimate of drug-likeness (QED) is 0.473. The lowest BCUT2D eigenvalue weighted by atomic mass is 10.0. The highest BCUT2D eigenvalue weighted by Crippen LogP contribution is 2.14. The number of aromatic nitrogens is 2. The van der Waals surface area contributed by atoms with Crippen molar-refractivity contribution in [2.75, 3.05) is 26.7 Å². The standard InChI is InChI=1S/C24H31FN6/c1-18-4-3-13-31-17-22(28-23(18)31)9-12-27-24(26-2)29-21-10-14-30(15-11-21)16-19-5-7-20(25)8-6-19/h3-8,13,17,21H,9-12,14-16H2,1-2H3,(H2,26,27,29). The zero-order valence-corrected chi connectivity index (χ0v) is 18.3. The summed E-state index contributed by atoms with van der Waals surface area (Å²) in [5, 5.41) is 6.98. The molecule has 0 unspecified atom stereocenters. The molecule has 0 bridgehead atoms. The van der Waals surface area contributed by atoms with Crippen LogP contribution in [0.2, 0.25) is 0 Å². The average molecular weight is 423 g/mol. The van der Waals surface area contributed by atoms with Crippen LogP contribution >= 0.6 is 0 Å². The van der Waals surface area contributed by atoms with Crippen LogP contribution in [-0.2, 0) is 13.0 Å². The molecule has 0 saturated carbocycles. The van der Waals surface area contributed by atoms with Crippen molar-refractivity contribution in [3.63, 3.8) is 0 Å². The topological polar surface area (TPSA) is 57.0 Å². The third-order valence-corrected chi connectivity index (χ3v) is 5.87. The molecule has 0 radical (unpaired) electrons. The van der Waals surface area contributed by atoms with Crippen LogP contribution in [0, 0.1) is 12.7 Å². The summed E-state index contributed by atoms with van der Waals surface area (Å²) in [6, 6.07) is 11.4. The van der Waals surface area contributed by atoms with Gasteiger partial charge >= 0.3 is 0 Å². The largest absolute Gasteiger partial charge is 0.356 e. The number of imidazole rings is 1. The fourth-order valence-corrected chi connectivity index (χ4v) is 4.11. The van der Waals surface area contributed by atoms with Crippen molar-refractivity contribution in [3.05, 3.63) is 71.4 Å². The van der Waals surface area contributed by atoms with Gasteiger partial charge in [0.25, 0.3) is 0 Å². The second-order valence-corrected chi connectivity index (χ2v) is 8.22. The minimum atomic E-state index is -0.179. The number of halogens is 1. The van der Waals surface area contributed by atoms with Crippen molar-refractivity contribution in [2.24, 2.45) is 4.99 Å². The van der Waals surface area contributed by atoms with Gasteiger partial charge in [0.05, 0.1) is 5.69 Å². The first-order valence-corrected chi connectivity index (χ1v) is 11.0. The van der Waals surface area contributed by atoms with E-state index in [1.807, 2.05) is 31.4 Å². The molecule has 1 aromatic carbocycles. The van der Waals surface area contributed by atoms with Crippen LogP contribution < -0.4 is 10.6 Å². The number of nitrogens with one attached hydrogen (secondary N) is 2. The second kappa shape index (κ2) is 9.92. The molecule has 164 valence electrons. The number of fused-ring (bicyclic) bond motifs is 1. The van der Waals surface area contributed by atoms with Gasteiger partial charge in [-0.05, 0) is 49.1 Å². The van der Waals surface area contributed by atoms with Crippen LogP contribution in [0.1, 0.15) is 29.7 Å². The minimum absolute atomic E-state index is 0.179. The van der Waals surface area contributed by atoms with E-state index in [0.29, 0.717) is 6.04 Å². The molecule has 0 aliphatic carbocycles. The Kier molecular flexibility index (Phi) is 6.82. The Morgan fingerprint density at radius 1 is 1.19 bits per heavy atom. The Morgan fingerprint density at radius 2 is 1.97 bits per heavy atom. The van der Waals surface area contributed by atoms with Crippen LogP contribution in [0.15, 0.2) is 53.8 Å². The van der Waals surface area contributed by atoms with Crippen molar-refractivity contribution < 1.29 is 4.39 Å². The first-order valence-electron chi connectivity index (χ1n) is 11.0. The second-order valence-electron chi connectivity index (χ2n) is 8.22. The van der Waals surface area contributed by atoms with Crippen molar-refractivity contribution >= 4 is 11.6 Å². The van der Waals surface area contributed by atoms with E-state index in [1.54, 1.807) is 0 Å². The van der Waals surface area contributed by atoms with E-state index in [1.165, 1.54) is 17.7 Å². The summed E-state index contributed by atoms with van der Waals surface area (Å²) in [7, 11) is 1.81. The smallest absolute Gasteiger partial charge is 0.191 e. The molecule has 3 aromatic rings. The third kappa shape index (κ3) is 5.61. The highest BCUT2D eigenvalue weighted by Gasteiger charge is 2.20. The molecule has 1 aliphatic heterocycles. The number of pyridine rings is 1. The van der Waals surface area contributed by atoms with Crippen molar-refractivity contribution in [3.8, 4) is 0 Å². The molecule has 0 amide bonds. The lowest BCUT2D eigenvalue weighted by molar-refractivity contribution is 0.198. The Bertz CT molecular complexity index is 1020. The maximum atomic E-state index is 13.1. The van der Waals surface area contributed by atoms with Gasteiger partial charge in [0.2, 0.25) is 0 Å². The van der Waals surface area contributed by atoms with E-state index in [2.05, 4.69) is 44.1 Å². The number of likely N-dealkylation sites (tertiary alicyclic amines) is 1. The van der Waals surface area contributed by atoms with Crippen LogP contribution in [0.5, 0.6) is 0 Å². The number of aliphatic imine (C=N–C) groups is 1. The van der Waals surface area contributed by atoms with E-state index >= 15 is 0 Å². The normalized spacial score (nSPS) is 16.0. The van der Waals surface area contributed by atoms with Crippen molar-refractivity contribution in [2.45, 2.75) is 38.8 Å². The van der Waals surface area contributed by atoms with Crippen LogP contribution in [0.4, 0.5) is 4.39 Å². The molecule has 2 N–H and O–H groups in total. The maximum Gasteiger partial charge on any atom is 0.191 e. The molecule has 1 saturated heterocycles. The Balaban J connectivity index is 1.20. The van der Waals surface area contributed by atoms with Gasteiger partial charge in [-0.3, -0.25) is 9.89 Å². The predicted octanol–water partition coefficient (Wildman–Crippen LogP) is 3.15. The highest BCUT2D eigenvalue weighted by atomic mass is 19.1. The molecule has 0 atom stereocenters. The Labute approximate surface area is 183 Å². The molecular weight excluding hydrogens is 391 g/mol. The fraction of sp³-hybridized carbons (Fsp3) is 0.417. The summed E-state index contributed by atoms with van der Waals surface area (Å²) in [4.78, 5) is 11.5. The summed E-state index contributed by atoms with van der Waals surface area (Å²) >= 11 is 0. The highest BCUT2D eigenvalue weighted by molar-refractivity contribution is 5.79. The molecule has 1 aliphatic rings. The summed E-state index contributed by atoms with van der Waals surface area (Å²) in [6.07, 6.45) is 7.10. The van der Waals surface area contributed by atoms with E-state index in [9.17, 15) is 4.39 Å². The first-order chi connectivity index (χ1) is 15.1. The summed E-state index contributed by atoms with van der Waals surface area (Å²) < 4.78 is 15.2. The zero-order chi connectivity index (χ0) is 21.6. The van der Waals surface area contributed by atoms with E-state index in [0.717, 1.165) is 68.3 Å². The number of benzene rings is 1. The van der Waals surface area contributed by atoms with Gasteiger partial charge in [-0.1, -0.05) is 18.2 Å². The number of rotatable bonds is 6. The monoisotopic (exact) mass is 422 g/mol. The lowest BCUT2D eigenvalue weighted by Crippen LogP contribution is -2.48. The van der Waals surface area contributed by atoms with Crippen molar-refractivity contribution in [1.29, 1.82) is 0 Å². The molecule has 3 heterocycles. The van der Waals surface area contributed by atoms with Gasteiger partial charge in [0, 0.05) is 58.1 Å². The number of piperidine rings is 1. The molecular formula is C24H31FN6. The molecule has 31 heavy (non-hydrogen) atoms. The lowest BCUT2D eigenvalue weighted by Gasteiger charge is -2.33. The minimum Gasteiger partial charge on any atom is -0.356 e. The number of hydrogen-bond acceptors (Lipinski definition) is 3. The third-order valence-electron chi connectivity index (χ3n) is 5.87. The van der Waals surface area contributed by atoms with Gasteiger partial charge in [-0.2, -0.15) is 0 Å². The number of guanidine groups is 1. The van der Waals surface area contributed by atoms with Gasteiger partial charge in [-0.25, -0.2) is 9.37 Å². The number of nitrogens with zero attached hydrogens (tertiary/aromatic N) is 4. The molecule has 4 rings (SSSR count). The summed E-state index contributed by atoms with van der Waals surface area (Å²) in [6.45, 7) is 5.78. The van der Waals surface area contributed by atoms with Gasteiger partial charge < -0.3 is 15.0 Å². The maximum absolute atomic E-state index is 13.1. The molecule has 6 nitrogen and oxygen atoms in total.